The van der Waals surface area contributed by atoms with Gasteiger partial charge in [0.05, 0.1) is 0 Å². The maximum Gasteiger partial charge on any atom is -0.0142 e. The third-order valence-electron chi connectivity index (χ3n) is 2.29. The van der Waals surface area contributed by atoms with Crippen molar-refractivity contribution in [2.24, 2.45) is 0 Å². The van der Waals surface area contributed by atoms with Gasteiger partial charge >= 0.3 is 0 Å². The maximum atomic E-state index is 3.77. The van der Waals surface area contributed by atoms with Crippen LogP contribution in [0.25, 0.3) is 0 Å². The second kappa shape index (κ2) is 5.17. The number of hydrogen-bond acceptors (Lipinski definition) is 0. The van der Waals surface area contributed by atoms with Gasteiger partial charge in [-0.3, -0.25) is 0 Å². The summed E-state index contributed by atoms with van der Waals surface area (Å²) in [6, 6.07) is 0. The highest BCUT2D eigenvalue weighted by Crippen LogP contribution is 2.19. The summed E-state index contributed by atoms with van der Waals surface area (Å²) < 4.78 is 0. The summed E-state index contributed by atoms with van der Waals surface area (Å²) in [6.45, 7) is 3.77. The number of hydrogen-bond donors (Lipinski definition) is 0. The minimum atomic E-state index is 1.11. The lowest BCUT2D eigenvalue weighted by Crippen LogP contribution is -1.88. The van der Waals surface area contributed by atoms with Crippen molar-refractivity contribution in [2.75, 3.05) is 0 Å². The molecule has 0 heteroatoms. The van der Waals surface area contributed by atoms with Crippen LogP contribution in [0.5, 0.6) is 0 Å². The van der Waals surface area contributed by atoms with Gasteiger partial charge in [-0.2, -0.15) is 0 Å². The van der Waals surface area contributed by atoms with Gasteiger partial charge in [-0.15, -0.1) is 6.58 Å². The van der Waals surface area contributed by atoms with Crippen LogP contribution in [0.3, 0.4) is 0 Å². The van der Waals surface area contributed by atoms with E-state index in [0.717, 1.165) is 6.42 Å². The molecule has 0 aromatic heterocycles. The molecule has 0 aliphatic heterocycles. The molecule has 0 heterocycles. The van der Waals surface area contributed by atoms with Crippen LogP contribution in [0.1, 0.15) is 44.9 Å². The third-order valence-corrected chi connectivity index (χ3v) is 2.29. The standard InChI is InChI=1S/C11H18/c1-2-8-11-9-6-4-3-5-7-10-11/h2,9H,1,3-8,10H2. The van der Waals surface area contributed by atoms with Gasteiger partial charge in [0.15, 0.2) is 0 Å². The van der Waals surface area contributed by atoms with Gasteiger partial charge < -0.3 is 0 Å². The summed E-state index contributed by atoms with van der Waals surface area (Å²) in [6.07, 6.45) is 13.8. The molecule has 1 aliphatic rings. The number of allylic oxidation sites excluding steroid dienone is 3. The molecule has 62 valence electrons. The Kier molecular flexibility index (Phi) is 4.03. The van der Waals surface area contributed by atoms with Gasteiger partial charge in [-0.05, 0) is 32.1 Å². The van der Waals surface area contributed by atoms with Crippen LogP contribution in [0, 0.1) is 0 Å². The highest BCUT2D eigenvalue weighted by molar-refractivity contribution is 5.06. The van der Waals surface area contributed by atoms with Crippen molar-refractivity contribution in [3.63, 3.8) is 0 Å². The molecule has 0 fully saturated rings. The van der Waals surface area contributed by atoms with E-state index in [1.807, 2.05) is 6.08 Å². The Morgan fingerprint density at radius 3 is 2.91 bits per heavy atom. The first kappa shape index (κ1) is 8.58. The van der Waals surface area contributed by atoms with Crippen LogP contribution < -0.4 is 0 Å². The fourth-order valence-electron chi connectivity index (χ4n) is 1.63. The van der Waals surface area contributed by atoms with Gasteiger partial charge in [0.25, 0.3) is 0 Å². The first-order valence-corrected chi connectivity index (χ1v) is 4.72. The lowest BCUT2D eigenvalue weighted by molar-refractivity contribution is 0.621. The maximum absolute atomic E-state index is 3.77. The van der Waals surface area contributed by atoms with Crippen LogP contribution in [0.2, 0.25) is 0 Å². The summed E-state index contributed by atoms with van der Waals surface area (Å²) in [5.41, 5.74) is 1.61. The first-order valence-electron chi connectivity index (χ1n) is 4.72. The number of rotatable bonds is 2. The fourth-order valence-corrected chi connectivity index (χ4v) is 1.63. The summed E-state index contributed by atoms with van der Waals surface area (Å²) in [7, 11) is 0. The molecule has 0 bridgehead atoms. The second-order valence-electron chi connectivity index (χ2n) is 3.31. The Morgan fingerprint density at radius 1 is 1.27 bits per heavy atom. The monoisotopic (exact) mass is 150 g/mol. The SMILES string of the molecule is C=CCC1=CCCCCCC1. The van der Waals surface area contributed by atoms with E-state index in [-0.39, 0.29) is 0 Å². The highest BCUT2D eigenvalue weighted by Gasteiger charge is 1.99. The quantitative estimate of drug-likeness (QED) is 0.524. The van der Waals surface area contributed by atoms with E-state index in [9.17, 15) is 0 Å². The molecule has 0 saturated heterocycles. The fraction of sp³-hybridized carbons (Fsp3) is 0.636. The molecule has 11 heavy (non-hydrogen) atoms. The predicted octanol–water partition coefficient (Wildman–Crippen LogP) is 3.84. The summed E-state index contributed by atoms with van der Waals surface area (Å²) in [4.78, 5) is 0. The minimum absolute atomic E-state index is 1.11. The van der Waals surface area contributed by atoms with Crippen LogP contribution in [-0.4, -0.2) is 0 Å². The smallest absolute Gasteiger partial charge is 0.0142 e. The van der Waals surface area contributed by atoms with Gasteiger partial charge in [0.2, 0.25) is 0 Å². The Balaban J connectivity index is 2.38. The van der Waals surface area contributed by atoms with Crippen molar-refractivity contribution in [1.82, 2.24) is 0 Å². The summed E-state index contributed by atoms with van der Waals surface area (Å²) in [5, 5.41) is 0. The third kappa shape index (κ3) is 3.41. The van der Waals surface area contributed by atoms with Crippen LogP contribution in [0.4, 0.5) is 0 Å². The van der Waals surface area contributed by atoms with E-state index in [1.54, 1.807) is 5.57 Å². The molecule has 0 saturated carbocycles. The molecule has 0 radical (unpaired) electrons. The van der Waals surface area contributed by atoms with E-state index < -0.39 is 0 Å². The van der Waals surface area contributed by atoms with Gasteiger partial charge in [0, 0.05) is 0 Å². The second-order valence-corrected chi connectivity index (χ2v) is 3.31. The molecule has 0 aromatic carbocycles. The van der Waals surface area contributed by atoms with Crippen molar-refractivity contribution in [3.8, 4) is 0 Å². The highest BCUT2D eigenvalue weighted by atomic mass is 14.0. The molecule has 1 rings (SSSR count). The molecule has 0 amide bonds. The average Bonchev–Trinajstić information content (AvgIpc) is 1.94. The van der Waals surface area contributed by atoms with E-state index in [1.165, 1.54) is 38.5 Å². The molecular weight excluding hydrogens is 132 g/mol. The zero-order valence-corrected chi connectivity index (χ0v) is 7.31. The predicted molar refractivity (Wildman–Crippen MR) is 50.6 cm³/mol. The molecular formula is C11H18. The summed E-state index contributed by atoms with van der Waals surface area (Å²) >= 11 is 0. The minimum Gasteiger partial charge on any atom is -0.103 e. The first-order chi connectivity index (χ1) is 5.43. The zero-order chi connectivity index (χ0) is 7.94. The topological polar surface area (TPSA) is 0 Å². The normalized spacial score (nSPS) is 19.8. The molecule has 0 nitrogen and oxygen atoms in total. The summed E-state index contributed by atoms with van der Waals surface area (Å²) in [5.74, 6) is 0. The van der Waals surface area contributed by atoms with E-state index in [4.69, 9.17) is 0 Å². The Hall–Kier alpha value is -0.520. The van der Waals surface area contributed by atoms with E-state index in [2.05, 4.69) is 12.7 Å². The van der Waals surface area contributed by atoms with Gasteiger partial charge in [0.1, 0.15) is 0 Å². The van der Waals surface area contributed by atoms with Gasteiger partial charge in [-0.1, -0.05) is 30.6 Å². The molecule has 0 aromatic rings. The van der Waals surface area contributed by atoms with Crippen LogP contribution in [-0.2, 0) is 0 Å². The Labute approximate surface area is 70.0 Å². The van der Waals surface area contributed by atoms with E-state index >= 15 is 0 Å². The van der Waals surface area contributed by atoms with Crippen molar-refractivity contribution in [3.05, 3.63) is 24.3 Å². The average molecular weight is 150 g/mol. The largest absolute Gasteiger partial charge is 0.103 e. The lowest BCUT2D eigenvalue weighted by atomic mass is 9.98. The molecule has 1 aliphatic carbocycles. The van der Waals surface area contributed by atoms with Crippen molar-refractivity contribution in [1.29, 1.82) is 0 Å². The van der Waals surface area contributed by atoms with Crippen LogP contribution >= 0.6 is 0 Å². The van der Waals surface area contributed by atoms with Crippen molar-refractivity contribution >= 4 is 0 Å². The Morgan fingerprint density at radius 2 is 2.09 bits per heavy atom. The lowest BCUT2D eigenvalue weighted by Gasteiger charge is -2.08. The molecule has 0 unspecified atom stereocenters. The van der Waals surface area contributed by atoms with Crippen LogP contribution in [0.15, 0.2) is 24.3 Å². The molecule has 0 atom stereocenters. The van der Waals surface area contributed by atoms with Crippen molar-refractivity contribution in [2.45, 2.75) is 44.9 Å². The van der Waals surface area contributed by atoms with Crippen molar-refractivity contribution < 1.29 is 0 Å². The zero-order valence-electron chi connectivity index (χ0n) is 7.31. The van der Waals surface area contributed by atoms with E-state index in [0.29, 0.717) is 0 Å². The molecule has 0 N–H and O–H groups in total. The van der Waals surface area contributed by atoms with Gasteiger partial charge in [-0.25, -0.2) is 0 Å². The molecule has 0 spiro atoms. The Bertz CT molecular complexity index is 142.